The lowest BCUT2D eigenvalue weighted by molar-refractivity contribution is -0.151. The van der Waals surface area contributed by atoms with Gasteiger partial charge in [0, 0.05) is 13.0 Å². The number of aliphatic carboxylic acids is 1. The van der Waals surface area contributed by atoms with Gasteiger partial charge in [-0.15, -0.1) is 0 Å². The van der Waals surface area contributed by atoms with Crippen LogP contribution in [-0.4, -0.2) is 24.0 Å². The Morgan fingerprint density at radius 1 is 1.67 bits per heavy atom. The van der Waals surface area contributed by atoms with Gasteiger partial charge in [0.2, 0.25) is 6.43 Å². The summed E-state index contributed by atoms with van der Waals surface area (Å²) in [6.45, 7) is 1.30. The number of alkyl halides is 2. The fourth-order valence-corrected chi connectivity index (χ4v) is 0.993. The van der Waals surface area contributed by atoms with Gasteiger partial charge in [-0.3, -0.25) is 4.79 Å². The van der Waals surface area contributed by atoms with Crippen LogP contribution >= 0.6 is 0 Å². The summed E-state index contributed by atoms with van der Waals surface area (Å²) < 4.78 is 23.9. The number of carboxylic acid groups (broad SMARTS) is 1. The molecule has 0 aliphatic carbocycles. The van der Waals surface area contributed by atoms with Gasteiger partial charge in [-0.1, -0.05) is 6.92 Å². The predicted octanol–water partition coefficient (Wildman–Crippen LogP) is 1.08. The summed E-state index contributed by atoms with van der Waals surface area (Å²) in [7, 11) is 0. The van der Waals surface area contributed by atoms with Gasteiger partial charge in [-0.05, 0) is 6.42 Å². The first-order valence-electron chi connectivity index (χ1n) is 3.70. The van der Waals surface area contributed by atoms with Gasteiger partial charge in [0.05, 0.1) is 5.41 Å². The van der Waals surface area contributed by atoms with E-state index in [1.54, 1.807) is 6.92 Å². The van der Waals surface area contributed by atoms with E-state index in [0.717, 1.165) is 0 Å². The number of hydrogen-bond acceptors (Lipinski definition) is 2. The van der Waals surface area contributed by atoms with Crippen LogP contribution in [-0.2, 0) is 4.79 Å². The van der Waals surface area contributed by atoms with Gasteiger partial charge < -0.3 is 10.8 Å². The summed E-state index contributed by atoms with van der Waals surface area (Å²) in [6, 6.07) is 0. The molecule has 0 saturated carbocycles. The van der Waals surface area contributed by atoms with Crippen LogP contribution in [0.15, 0.2) is 0 Å². The Kier molecular flexibility index (Phi) is 4.09. The molecule has 1 unspecified atom stereocenters. The minimum absolute atomic E-state index is 0.128. The largest absolute Gasteiger partial charge is 0.481 e. The van der Waals surface area contributed by atoms with Crippen LogP contribution in [0.4, 0.5) is 8.78 Å². The zero-order valence-corrected chi connectivity index (χ0v) is 6.89. The van der Waals surface area contributed by atoms with Crippen molar-refractivity contribution in [2.24, 2.45) is 11.1 Å². The number of rotatable bonds is 5. The molecule has 0 spiro atoms. The summed E-state index contributed by atoms with van der Waals surface area (Å²) in [5, 5.41) is 8.66. The average molecular weight is 181 g/mol. The first-order chi connectivity index (χ1) is 5.48. The SMILES string of the molecule is CCC(CN)(CC(F)F)C(=O)O. The van der Waals surface area contributed by atoms with Crippen LogP contribution in [0.5, 0.6) is 0 Å². The van der Waals surface area contributed by atoms with Crippen molar-refractivity contribution < 1.29 is 18.7 Å². The van der Waals surface area contributed by atoms with E-state index in [-0.39, 0.29) is 13.0 Å². The van der Waals surface area contributed by atoms with E-state index < -0.39 is 24.2 Å². The highest BCUT2D eigenvalue weighted by Crippen LogP contribution is 2.28. The molecule has 0 fully saturated rings. The van der Waals surface area contributed by atoms with Crippen molar-refractivity contribution in [1.29, 1.82) is 0 Å². The Morgan fingerprint density at radius 2 is 2.17 bits per heavy atom. The molecule has 72 valence electrons. The molecule has 0 aromatic carbocycles. The summed E-state index contributed by atoms with van der Waals surface area (Å²) in [4.78, 5) is 10.6. The molecular formula is C7H13F2NO2. The highest BCUT2D eigenvalue weighted by Gasteiger charge is 2.38. The molecule has 1 atom stereocenters. The number of halogens is 2. The van der Waals surface area contributed by atoms with Crippen molar-refractivity contribution in [2.75, 3.05) is 6.54 Å². The smallest absolute Gasteiger partial charge is 0.311 e. The van der Waals surface area contributed by atoms with E-state index in [1.165, 1.54) is 0 Å². The second-order valence-electron chi connectivity index (χ2n) is 2.74. The third kappa shape index (κ3) is 2.41. The molecular weight excluding hydrogens is 168 g/mol. The Labute approximate surface area is 69.6 Å². The fraction of sp³-hybridized carbons (Fsp3) is 0.857. The molecule has 0 aliphatic heterocycles. The van der Waals surface area contributed by atoms with Crippen molar-refractivity contribution in [3.63, 3.8) is 0 Å². The Balaban J connectivity index is 4.46. The third-order valence-electron chi connectivity index (χ3n) is 2.07. The van der Waals surface area contributed by atoms with E-state index in [9.17, 15) is 13.6 Å². The summed E-state index contributed by atoms with van der Waals surface area (Å²) in [6.07, 6.45) is -3.16. The quantitative estimate of drug-likeness (QED) is 0.667. The maximum absolute atomic E-state index is 11.9. The van der Waals surface area contributed by atoms with Crippen LogP contribution in [0.1, 0.15) is 19.8 Å². The van der Waals surface area contributed by atoms with Crippen molar-refractivity contribution in [2.45, 2.75) is 26.2 Å². The number of carbonyl (C=O) groups is 1. The second-order valence-corrected chi connectivity index (χ2v) is 2.74. The minimum Gasteiger partial charge on any atom is -0.481 e. The Morgan fingerprint density at radius 3 is 2.25 bits per heavy atom. The lowest BCUT2D eigenvalue weighted by Gasteiger charge is -2.25. The van der Waals surface area contributed by atoms with E-state index in [2.05, 4.69) is 0 Å². The van der Waals surface area contributed by atoms with Gasteiger partial charge in [0.1, 0.15) is 0 Å². The molecule has 0 amide bonds. The van der Waals surface area contributed by atoms with Crippen LogP contribution in [0.2, 0.25) is 0 Å². The Bertz CT molecular complexity index is 157. The molecule has 0 aromatic rings. The van der Waals surface area contributed by atoms with Crippen LogP contribution in [0, 0.1) is 5.41 Å². The van der Waals surface area contributed by atoms with E-state index in [4.69, 9.17) is 10.8 Å². The van der Waals surface area contributed by atoms with Crippen LogP contribution in [0.25, 0.3) is 0 Å². The minimum atomic E-state index is -2.62. The highest BCUT2D eigenvalue weighted by molar-refractivity contribution is 5.74. The van der Waals surface area contributed by atoms with Crippen LogP contribution < -0.4 is 5.73 Å². The maximum atomic E-state index is 11.9. The molecule has 0 bridgehead atoms. The topological polar surface area (TPSA) is 63.3 Å². The van der Waals surface area contributed by atoms with Gasteiger partial charge in [-0.2, -0.15) is 0 Å². The molecule has 0 rings (SSSR count). The average Bonchev–Trinajstić information content (AvgIpc) is 1.99. The first-order valence-corrected chi connectivity index (χ1v) is 3.70. The number of carboxylic acids is 1. The number of hydrogen-bond donors (Lipinski definition) is 2. The molecule has 0 heterocycles. The normalized spacial score (nSPS) is 16.1. The monoisotopic (exact) mass is 181 g/mol. The molecule has 3 N–H and O–H groups in total. The summed E-state index contributed by atoms with van der Waals surface area (Å²) in [5.74, 6) is -1.24. The van der Waals surface area contributed by atoms with E-state index in [0.29, 0.717) is 0 Å². The molecule has 5 heteroatoms. The predicted molar refractivity (Wildman–Crippen MR) is 40.0 cm³/mol. The van der Waals surface area contributed by atoms with Gasteiger partial charge >= 0.3 is 5.97 Å². The molecule has 0 saturated heterocycles. The molecule has 0 radical (unpaired) electrons. The zero-order valence-electron chi connectivity index (χ0n) is 6.89. The fourth-order valence-electron chi connectivity index (χ4n) is 0.993. The van der Waals surface area contributed by atoms with E-state index >= 15 is 0 Å². The zero-order chi connectivity index (χ0) is 9.78. The Hall–Kier alpha value is -0.710. The molecule has 12 heavy (non-hydrogen) atoms. The van der Waals surface area contributed by atoms with Gasteiger partial charge in [-0.25, -0.2) is 8.78 Å². The second kappa shape index (κ2) is 4.35. The molecule has 3 nitrogen and oxygen atoms in total. The van der Waals surface area contributed by atoms with Crippen molar-refractivity contribution in [3.8, 4) is 0 Å². The standard InChI is InChI=1S/C7H13F2NO2/c1-2-7(4-10,6(11)12)3-5(8)9/h5H,2-4,10H2,1H3,(H,11,12). The lowest BCUT2D eigenvalue weighted by Crippen LogP contribution is -2.39. The molecule has 0 aliphatic rings. The maximum Gasteiger partial charge on any atom is 0.311 e. The number of nitrogens with two attached hydrogens (primary N) is 1. The third-order valence-corrected chi connectivity index (χ3v) is 2.07. The first kappa shape index (κ1) is 11.3. The van der Waals surface area contributed by atoms with Crippen LogP contribution in [0.3, 0.4) is 0 Å². The van der Waals surface area contributed by atoms with E-state index in [1.807, 2.05) is 0 Å². The summed E-state index contributed by atoms with van der Waals surface area (Å²) >= 11 is 0. The van der Waals surface area contributed by atoms with Crippen molar-refractivity contribution >= 4 is 5.97 Å². The van der Waals surface area contributed by atoms with Crippen molar-refractivity contribution in [3.05, 3.63) is 0 Å². The van der Waals surface area contributed by atoms with Gasteiger partial charge in [0.25, 0.3) is 0 Å². The summed E-state index contributed by atoms with van der Waals surface area (Å²) in [5.41, 5.74) is 3.70. The highest BCUT2D eigenvalue weighted by atomic mass is 19.3. The molecule has 0 aromatic heterocycles. The van der Waals surface area contributed by atoms with Crippen molar-refractivity contribution in [1.82, 2.24) is 0 Å². The lowest BCUT2D eigenvalue weighted by atomic mass is 9.82. The van der Waals surface area contributed by atoms with Gasteiger partial charge in [0.15, 0.2) is 0 Å².